The number of benzene rings is 2. The highest BCUT2D eigenvalue weighted by Crippen LogP contribution is 2.33. The van der Waals surface area contributed by atoms with Crippen molar-refractivity contribution in [2.24, 2.45) is 0 Å². The van der Waals surface area contributed by atoms with Crippen molar-refractivity contribution in [2.45, 2.75) is 45.2 Å². The quantitative estimate of drug-likeness (QED) is 0.417. The van der Waals surface area contributed by atoms with Gasteiger partial charge in [0.1, 0.15) is 17.6 Å². The first kappa shape index (κ1) is 23.1. The molecule has 160 valence electrons. The molecule has 1 aliphatic heterocycles. The topological polar surface area (TPSA) is 53.7 Å². The van der Waals surface area contributed by atoms with E-state index in [-0.39, 0.29) is 28.2 Å². The van der Waals surface area contributed by atoms with Crippen LogP contribution in [0, 0.1) is 0 Å². The molecule has 0 bridgehead atoms. The molecule has 1 aromatic heterocycles. The normalized spacial score (nSPS) is 17.1. The molecular formula is C23H24BrCl2NO3. The predicted octanol–water partition coefficient (Wildman–Crippen LogP) is 6.81. The molecule has 1 atom stereocenters. The maximum atomic E-state index is 13.2. The number of piperidine rings is 1. The van der Waals surface area contributed by atoms with Gasteiger partial charge < -0.3 is 9.52 Å². The first-order chi connectivity index (χ1) is 14.0. The van der Waals surface area contributed by atoms with Crippen LogP contribution in [-0.2, 0) is 6.54 Å². The minimum absolute atomic E-state index is 0. The first-order valence-corrected chi connectivity index (χ1v) is 10.7. The number of aromatic hydroxyl groups is 1. The first-order valence-electron chi connectivity index (χ1n) is 9.95. The van der Waals surface area contributed by atoms with Crippen LogP contribution >= 0.6 is 40.2 Å². The van der Waals surface area contributed by atoms with E-state index in [0.717, 1.165) is 25.8 Å². The lowest BCUT2D eigenvalue weighted by Crippen LogP contribution is -2.38. The molecule has 4 rings (SSSR count). The lowest BCUT2D eigenvalue weighted by molar-refractivity contribution is 0.135. The van der Waals surface area contributed by atoms with E-state index >= 15 is 0 Å². The molecule has 2 aromatic carbocycles. The second kappa shape index (κ2) is 9.73. The third kappa shape index (κ3) is 4.40. The van der Waals surface area contributed by atoms with E-state index in [4.69, 9.17) is 27.6 Å². The van der Waals surface area contributed by atoms with E-state index in [1.165, 1.54) is 12.7 Å². The summed E-state index contributed by atoms with van der Waals surface area (Å²) in [5.41, 5.74) is 1.86. The lowest BCUT2D eigenvalue weighted by atomic mass is 9.98. The van der Waals surface area contributed by atoms with Crippen LogP contribution < -0.4 is 5.43 Å². The number of phenolic OH excluding ortho intramolecular Hbond substituents is 1. The van der Waals surface area contributed by atoms with Gasteiger partial charge in [-0.1, -0.05) is 42.6 Å². The summed E-state index contributed by atoms with van der Waals surface area (Å²) in [6, 6.07) is 8.68. The number of hydrogen-bond acceptors (Lipinski definition) is 4. The van der Waals surface area contributed by atoms with E-state index in [2.05, 4.69) is 11.8 Å². The minimum Gasteiger partial charge on any atom is -0.507 e. The van der Waals surface area contributed by atoms with Crippen LogP contribution in [0.2, 0.25) is 10.0 Å². The van der Waals surface area contributed by atoms with E-state index in [1.807, 2.05) is 0 Å². The smallest absolute Gasteiger partial charge is 0.200 e. The summed E-state index contributed by atoms with van der Waals surface area (Å²) in [6.45, 7) is 3.73. The molecular weight excluding hydrogens is 489 g/mol. The minimum atomic E-state index is -0.178. The Hall–Kier alpha value is -1.53. The van der Waals surface area contributed by atoms with Gasteiger partial charge in [-0.25, -0.2) is 0 Å². The molecule has 0 aliphatic carbocycles. The Kier molecular flexibility index (Phi) is 7.51. The van der Waals surface area contributed by atoms with Gasteiger partial charge in [-0.2, -0.15) is 0 Å². The number of phenols is 1. The van der Waals surface area contributed by atoms with Gasteiger partial charge in [-0.3, -0.25) is 9.69 Å². The number of halogens is 3. The fraction of sp³-hybridized carbons (Fsp3) is 0.348. The zero-order valence-corrected chi connectivity index (χ0v) is 19.9. The third-order valence-corrected chi connectivity index (χ3v) is 6.37. The second-order valence-electron chi connectivity index (χ2n) is 7.57. The van der Waals surface area contributed by atoms with E-state index < -0.39 is 0 Å². The molecule has 1 N–H and O–H groups in total. The molecule has 3 aromatic rings. The Balaban J connectivity index is 0.00000256. The van der Waals surface area contributed by atoms with Crippen LogP contribution in [0.3, 0.4) is 0 Å². The van der Waals surface area contributed by atoms with Crippen molar-refractivity contribution >= 4 is 51.2 Å². The molecule has 7 heteroatoms. The summed E-state index contributed by atoms with van der Waals surface area (Å²) in [4.78, 5) is 15.6. The molecule has 0 spiro atoms. The molecule has 2 heterocycles. The highest BCUT2D eigenvalue weighted by Gasteiger charge is 2.24. The predicted molar refractivity (Wildman–Crippen MR) is 128 cm³/mol. The average molecular weight is 513 g/mol. The Bertz CT molecular complexity index is 1120. The fourth-order valence-electron chi connectivity index (χ4n) is 4.23. The number of rotatable bonds is 4. The average Bonchev–Trinajstić information content (AvgIpc) is 2.71. The van der Waals surface area contributed by atoms with Crippen molar-refractivity contribution in [1.29, 1.82) is 0 Å². The largest absolute Gasteiger partial charge is 0.507 e. The number of fused-ring (bicyclic) bond motifs is 1. The molecule has 1 aliphatic rings. The zero-order chi connectivity index (χ0) is 20.5. The molecule has 0 amide bonds. The number of likely N-dealkylation sites (tertiary alicyclic amines) is 1. The summed E-state index contributed by atoms with van der Waals surface area (Å²) in [7, 11) is 0. The van der Waals surface area contributed by atoms with Gasteiger partial charge in [0, 0.05) is 23.2 Å². The molecule has 1 fully saturated rings. The molecule has 0 saturated carbocycles. The van der Waals surface area contributed by atoms with Crippen molar-refractivity contribution in [2.75, 3.05) is 6.54 Å². The van der Waals surface area contributed by atoms with E-state index in [1.54, 1.807) is 30.3 Å². The van der Waals surface area contributed by atoms with E-state index in [9.17, 15) is 9.90 Å². The standard InChI is InChI=1S/C23H23Cl2NO3.BrH/c1-2-15-5-3-4-10-26(15)12-18-21(27)9-8-17-22(28)19(13-29-23(17)18)16-7-6-14(24)11-20(16)25;/h6-9,11,13,15,27H,2-5,10,12H2,1H3;1H. The Morgan fingerprint density at radius 1 is 1.17 bits per heavy atom. The van der Waals surface area contributed by atoms with Gasteiger partial charge in [0.25, 0.3) is 0 Å². The lowest BCUT2D eigenvalue weighted by Gasteiger charge is -2.35. The number of hydrogen-bond donors (Lipinski definition) is 1. The van der Waals surface area contributed by atoms with Crippen LogP contribution in [0.5, 0.6) is 5.75 Å². The Labute approximate surface area is 196 Å². The summed E-state index contributed by atoms with van der Waals surface area (Å²) in [5, 5.41) is 11.9. The molecule has 4 nitrogen and oxygen atoms in total. The summed E-state index contributed by atoms with van der Waals surface area (Å²) in [6.07, 6.45) is 6.03. The van der Waals surface area contributed by atoms with Crippen molar-refractivity contribution in [3.8, 4) is 16.9 Å². The van der Waals surface area contributed by atoms with Crippen LogP contribution in [0.1, 0.15) is 38.2 Å². The summed E-state index contributed by atoms with van der Waals surface area (Å²) in [5.74, 6) is 0.151. The number of nitrogens with zero attached hydrogens (tertiary/aromatic N) is 1. The van der Waals surface area contributed by atoms with Gasteiger partial charge in [0.2, 0.25) is 5.43 Å². The molecule has 1 unspecified atom stereocenters. The highest BCUT2D eigenvalue weighted by atomic mass is 79.9. The van der Waals surface area contributed by atoms with Gasteiger partial charge >= 0.3 is 0 Å². The fourth-order valence-corrected chi connectivity index (χ4v) is 4.74. The van der Waals surface area contributed by atoms with Crippen LogP contribution in [-0.4, -0.2) is 22.6 Å². The SMILES string of the molecule is Br.CCC1CCCCN1Cc1c(O)ccc2c(=O)c(-c3ccc(Cl)cc3Cl)coc12. The highest BCUT2D eigenvalue weighted by molar-refractivity contribution is 8.93. The molecule has 30 heavy (non-hydrogen) atoms. The van der Waals surface area contributed by atoms with Crippen LogP contribution in [0.25, 0.3) is 22.1 Å². The monoisotopic (exact) mass is 511 g/mol. The van der Waals surface area contributed by atoms with Gasteiger partial charge in [-0.15, -0.1) is 17.0 Å². The van der Waals surface area contributed by atoms with Gasteiger partial charge in [0.05, 0.1) is 21.5 Å². The van der Waals surface area contributed by atoms with Crippen LogP contribution in [0.15, 0.2) is 45.8 Å². The molecule has 0 radical (unpaired) electrons. The Morgan fingerprint density at radius 2 is 1.97 bits per heavy atom. The van der Waals surface area contributed by atoms with Gasteiger partial charge in [0.15, 0.2) is 0 Å². The second-order valence-corrected chi connectivity index (χ2v) is 8.41. The maximum absolute atomic E-state index is 13.2. The summed E-state index contributed by atoms with van der Waals surface area (Å²) >= 11 is 12.3. The van der Waals surface area contributed by atoms with Gasteiger partial charge in [-0.05, 0) is 50.1 Å². The van der Waals surface area contributed by atoms with Crippen molar-refractivity contribution < 1.29 is 9.52 Å². The van der Waals surface area contributed by atoms with Crippen molar-refractivity contribution in [1.82, 2.24) is 4.90 Å². The maximum Gasteiger partial charge on any atom is 0.200 e. The van der Waals surface area contributed by atoms with Crippen molar-refractivity contribution in [3.05, 3.63) is 62.4 Å². The summed E-state index contributed by atoms with van der Waals surface area (Å²) < 4.78 is 5.91. The Morgan fingerprint density at radius 3 is 2.70 bits per heavy atom. The third-order valence-electron chi connectivity index (χ3n) is 5.82. The molecule has 1 saturated heterocycles. The van der Waals surface area contributed by atoms with Crippen LogP contribution in [0.4, 0.5) is 0 Å². The van der Waals surface area contributed by atoms with Crippen molar-refractivity contribution in [3.63, 3.8) is 0 Å². The van der Waals surface area contributed by atoms with E-state index in [0.29, 0.717) is 50.3 Å². The zero-order valence-electron chi connectivity index (χ0n) is 16.7.